The van der Waals surface area contributed by atoms with Gasteiger partial charge >= 0.3 is 0 Å². The first-order valence-electron chi connectivity index (χ1n) is 13.3. The number of ether oxygens (including phenoxy) is 1. The Morgan fingerprint density at radius 1 is 1.07 bits per heavy atom. The topological polar surface area (TPSA) is 121 Å². The molecule has 2 aromatic carbocycles. The van der Waals surface area contributed by atoms with Crippen molar-refractivity contribution in [3.8, 4) is 11.3 Å². The third kappa shape index (κ3) is 5.53. The summed E-state index contributed by atoms with van der Waals surface area (Å²) in [7, 11) is 0. The van der Waals surface area contributed by atoms with Crippen LogP contribution < -0.4 is 0 Å². The quantitative estimate of drug-likeness (QED) is 0.312. The summed E-state index contributed by atoms with van der Waals surface area (Å²) in [4.78, 5) is 0. The van der Waals surface area contributed by atoms with Crippen molar-refractivity contribution < 1.29 is 38.3 Å². The first kappa shape index (κ1) is 29.0. The lowest BCUT2D eigenvalue weighted by molar-refractivity contribution is -0.179. The van der Waals surface area contributed by atoms with Crippen molar-refractivity contribution in [2.24, 2.45) is 0 Å². The van der Waals surface area contributed by atoms with E-state index >= 15 is 0 Å². The highest BCUT2D eigenvalue weighted by molar-refractivity contribution is 8.00. The molecule has 1 aliphatic heterocycles. The summed E-state index contributed by atoms with van der Waals surface area (Å²) in [5.74, 6) is -4.40. The number of benzene rings is 2. The van der Waals surface area contributed by atoms with Gasteiger partial charge in [0.15, 0.2) is 17.5 Å². The van der Waals surface area contributed by atoms with E-state index in [1.807, 2.05) is 31.2 Å². The normalized spacial score (nSPS) is 27.4. The van der Waals surface area contributed by atoms with Crippen LogP contribution in [0.15, 0.2) is 42.6 Å². The molecule has 8 nitrogen and oxygen atoms in total. The van der Waals surface area contributed by atoms with Crippen LogP contribution in [0.25, 0.3) is 11.3 Å². The fraction of sp³-hybridized carbons (Fsp3) is 0.500. The van der Waals surface area contributed by atoms with Crippen LogP contribution in [0.2, 0.25) is 0 Å². The maximum Gasteiger partial charge on any atom is 0.194 e. The van der Waals surface area contributed by atoms with Gasteiger partial charge in [-0.05, 0) is 43.0 Å². The van der Waals surface area contributed by atoms with Gasteiger partial charge in [0.2, 0.25) is 0 Å². The maximum absolute atomic E-state index is 13.8. The lowest BCUT2D eigenvalue weighted by atomic mass is 9.79. The molecule has 0 radical (unpaired) electrons. The first-order chi connectivity index (χ1) is 19.1. The van der Waals surface area contributed by atoms with Crippen molar-refractivity contribution in [1.82, 2.24) is 15.0 Å². The largest absolute Gasteiger partial charge is 0.394 e. The molecule has 1 saturated heterocycles. The zero-order chi connectivity index (χ0) is 28.6. The maximum atomic E-state index is 13.8. The SMILES string of the molecule is Cc1ccccc1[C@H](S[C@@H]1O[C@H](CO)[C@H](O)[C@H](n2cc(-c3cc(F)c(F)c(F)c3)nn2)[C@H]1O)C1(O)CCCCC1. The van der Waals surface area contributed by atoms with Crippen LogP contribution in [0.3, 0.4) is 0 Å². The minimum atomic E-state index is -1.61. The van der Waals surface area contributed by atoms with Crippen LogP contribution in [0.1, 0.15) is 54.5 Å². The number of aryl methyl sites for hydroxylation is 1. The second-order valence-electron chi connectivity index (χ2n) is 10.6. The second-order valence-corrected chi connectivity index (χ2v) is 11.8. The zero-order valence-corrected chi connectivity index (χ0v) is 22.6. The predicted molar refractivity (Wildman–Crippen MR) is 142 cm³/mol. The Balaban J connectivity index is 1.47. The highest BCUT2D eigenvalue weighted by Gasteiger charge is 2.49. The summed E-state index contributed by atoms with van der Waals surface area (Å²) in [6, 6.07) is 8.09. The fourth-order valence-corrected chi connectivity index (χ4v) is 7.38. The molecule has 0 amide bonds. The Morgan fingerprint density at radius 2 is 1.75 bits per heavy atom. The Labute approximate surface area is 233 Å². The van der Waals surface area contributed by atoms with Crippen molar-refractivity contribution >= 4 is 11.8 Å². The highest BCUT2D eigenvalue weighted by Crippen LogP contribution is 2.51. The molecule has 40 heavy (non-hydrogen) atoms. The summed E-state index contributed by atoms with van der Waals surface area (Å²) in [5.41, 5.74) is -0.270. The predicted octanol–water partition coefficient (Wildman–Crippen LogP) is 3.82. The van der Waals surface area contributed by atoms with Gasteiger partial charge in [0.25, 0.3) is 0 Å². The summed E-state index contributed by atoms with van der Waals surface area (Å²) >= 11 is 1.23. The third-order valence-electron chi connectivity index (χ3n) is 7.89. The standard InChI is InChI=1S/C28H32F3N3O5S/c1-15-7-3-4-8-17(15)26(28(38)9-5-2-6-10-28)40-27-25(37)23(24(36)21(14-35)39-27)34-13-20(32-33-34)16-11-18(29)22(31)19(30)12-16/h3-4,7-8,11-13,21,23-27,35-38H,2,5-6,9-10,14H2,1H3/t21-,23+,24+,25-,26+,27+/m1/s1. The van der Waals surface area contributed by atoms with Gasteiger partial charge in [0.1, 0.15) is 35.5 Å². The van der Waals surface area contributed by atoms with E-state index in [2.05, 4.69) is 10.3 Å². The van der Waals surface area contributed by atoms with Crippen molar-refractivity contribution in [3.05, 3.63) is 71.2 Å². The highest BCUT2D eigenvalue weighted by atomic mass is 32.2. The van der Waals surface area contributed by atoms with Gasteiger partial charge < -0.3 is 25.2 Å². The van der Waals surface area contributed by atoms with Crippen molar-refractivity contribution in [3.63, 3.8) is 0 Å². The van der Waals surface area contributed by atoms with E-state index in [1.54, 1.807) is 0 Å². The van der Waals surface area contributed by atoms with E-state index < -0.39 is 64.7 Å². The van der Waals surface area contributed by atoms with Crippen LogP contribution in [0, 0.1) is 24.4 Å². The lowest BCUT2D eigenvalue weighted by Gasteiger charge is -2.46. The van der Waals surface area contributed by atoms with E-state index in [9.17, 15) is 33.6 Å². The molecule has 3 aromatic rings. The molecule has 12 heteroatoms. The van der Waals surface area contributed by atoms with Gasteiger partial charge in [-0.2, -0.15) is 0 Å². The summed E-state index contributed by atoms with van der Waals surface area (Å²) < 4.78 is 48.2. The average molecular weight is 580 g/mol. The van der Waals surface area contributed by atoms with Gasteiger partial charge in [0, 0.05) is 5.56 Å². The first-order valence-corrected chi connectivity index (χ1v) is 14.2. The van der Waals surface area contributed by atoms with Gasteiger partial charge in [-0.25, -0.2) is 17.9 Å². The molecule has 2 aliphatic rings. The molecular weight excluding hydrogens is 547 g/mol. The summed E-state index contributed by atoms with van der Waals surface area (Å²) in [6.07, 6.45) is 1.29. The molecular formula is C28H32F3N3O5S. The number of hydrogen-bond acceptors (Lipinski definition) is 8. The molecule has 6 atom stereocenters. The number of rotatable bonds is 7. The van der Waals surface area contributed by atoms with Gasteiger partial charge in [0.05, 0.1) is 23.7 Å². The Bertz CT molecular complexity index is 1320. The molecule has 2 fully saturated rings. The molecule has 0 unspecified atom stereocenters. The Hall–Kier alpha value is -2.48. The van der Waals surface area contributed by atoms with E-state index in [0.29, 0.717) is 12.8 Å². The van der Waals surface area contributed by atoms with E-state index in [4.69, 9.17) is 4.74 Å². The van der Waals surface area contributed by atoms with Crippen LogP contribution in [-0.4, -0.2) is 71.4 Å². The fourth-order valence-electron chi connectivity index (χ4n) is 5.68. The second kappa shape index (κ2) is 11.8. The Kier molecular flexibility index (Phi) is 8.55. The van der Waals surface area contributed by atoms with E-state index in [-0.39, 0.29) is 11.3 Å². The van der Waals surface area contributed by atoms with Crippen molar-refractivity contribution in [1.29, 1.82) is 0 Å². The molecule has 4 N–H and O–H groups in total. The van der Waals surface area contributed by atoms with Crippen molar-refractivity contribution in [2.45, 2.75) is 79.7 Å². The molecule has 2 heterocycles. The Morgan fingerprint density at radius 3 is 2.40 bits per heavy atom. The molecule has 0 spiro atoms. The number of aliphatic hydroxyl groups is 4. The molecule has 0 bridgehead atoms. The monoisotopic (exact) mass is 579 g/mol. The number of nitrogens with zero attached hydrogens (tertiary/aromatic N) is 3. The van der Waals surface area contributed by atoms with Crippen LogP contribution >= 0.6 is 11.8 Å². The van der Waals surface area contributed by atoms with Crippen LogP contribution in [0.4, 0.5) is 13.2 Å². The number of thioether (sulfide) groups is 1. The van der Waals surface area contributed by atoms with Gasteiger partial charge in [-0.1, -0.05) is 48.7 Å². The smallest absolute Gasteiger partial charge is 0.194 e. The minimum Gasteiger partial charge on any atom is -0.394 e. The van der Waals surface area contributed by atoms with E-state index in [1.165, 1.54) is 18.0 Å². The number of aliphatic hydroxyl groups excluding tert-OH is 3. The third-order valence-corrected chi connectivity index (χ3v) is 9.52. The summed E-state index contributed by atoms with van der Waals surface area (Å²) in [6.45, 7) is 1.39. The molecule has 1 aromatic heterocycles. The van der Waals surface area contributed by atoms with Gasteiger partial charge in [-0.15, -0.1) is 16.9 Å². The van der Waals surface area contributed by atoms with Gasteiger partial charge in [-0.3, -0.25) is 0 Å². The molecule has 5 rings (SSSR count). The van der Waals surface area contributed by atoms with E-state index in [0.717, 1.165) is 47.2 Å². The molecule has 216 valence electrons. The molecule has 1 aliphatic carbocycles. The van der Waals surface area contributed by atoms with Crippen molar-refractivity contribution in [2.75, 3.05) is 6.61 Å². The lowest BCUT2D eigenvalue weighted by Crippen LogP contribution is -2.55. The van der Waals surface area contributed by atoms with Crippen LogP contribution in [0.5, 0.6) is 0 Å². The number of hydrogen-bond donors (Lipinski definition) is 4. The average Bonchev–Trinajstić information content (AvgIpc) is 3.42. The minimum absolute atomic E-state index is 0.0113. The summed E-state index contributed by atoms with van der Waals surface area (Å²) in [5, 5.41) is 51.7. The number of aromatic nitrogens is 3. The zero-order valence-electron chi connectivity index (χ0n) is 21.8. The van der Waals surface area contributed by atoms with Crippen LogP contribution in [-0.2, 0) is 4.74 Å². The number of halogens is 3. The molecule has 1 saturated carbocycles.